The number of hydrogen-bond acceptors (Lipinski definition) is 6. The van der Waals surface area contributed by atoms with Crippen molar-refractivity contribution in [2.45, 2.75) is 31.7 Å². The highest BCUT2D eigenvalue weighted by molar-refractivity contribution is 7.98. The van der Waals surface area contributed by atoms with Crippen molar-refractivity contribution < 1.29 is 4.79 Å². The number of carbonyl (C=O) groups excluding carboxylic acids is 1. The topological polar surface area (TPSA) is 85.6 Å². The predicted molar refractivity (Wildman–Crippen MR) is 139 cm³/mol. The molecule has 5 aromatic rings. The Labute approximate surface area is 207 Å². The van der Waals surface area contributed by atoms with Crippen molar-refractivity contribution in [2.24, 2.45) is 0 Å². The van der Waals surface area contributed by atoms with Gasteiger partial charge >= 0.3 is 0 Å². The highest BCUT2D eigenvalue weighted by Crippen LogP contribution is 2.26. The summed E-state index contributed by atoms with van der Waals surface area (Å²) in [6.45, 7) is 5.92. The third-order valence-corrected chi connectivity index (χ3v) is 6.45. The molecule has 0 atom stereocenters. The molecule has 3 aromatic carbocycles. The van der Waals surface area contributed by atoms with Crippen molar-refractivity contribution >= 4 is 34.1 Å². The number of aromatic nitrogens is 5. The number of aryl methyl sites for hydroxylation is 3. The fraction of sp³-hybridized carbons (Fsp3) is 0.148. The van der Waals surface area contributed by atoms with Gasteiger partial charge in [-0.3, -0.25) is 4.79 Å². The van der Waals surface area contributed by atoms with E-state index in [1.54, 1.807) is 4.68 Å². The Hall–Kier alpha value is -4.04. The lowest BCUT2D eigenvalue weighted by Gasteiger charge is -2.10. The minimum atomic E-state index is -0.309. The van der Waals surface area contributed by atoms with Crippen LogP contribution >= 0.6 is 11.8 Å². The Morgan fingerprint density at radius 2 is 1.63 bits per heavy atom. The van der Waals surface area contributed by atoms with E-state index in [-0.39, 0.29) is 11.6 Å². The Morgan fingerprint density at radius 3 is 2.40 bits per heavy atom. The predicted octanol–water partition coefficient (Wildman–Crippen LogP) is 5.68. The molecule has 2 aromatic heterocycles. The highest BCUT2D eigenvalue weighted by atomic mass is 32.2. The van der Waals surface area contributed by atoms with Crippen molar-refractivity contribution in [3.05, 3.63) is 101 Å². The van der Waals surface area contributed by atoms with Crippen molar-refractivity contribution in [3.63, 3.8) is 0 Å². The van der Waals surface area contributed by atoms with Gasteiger partial charge in [-0.05, 0) is 50.4 Å². The van der Waals surface area contributed by atoms with Gasteiger partial charge in [0.25, 0.3) is 5.91 Å². The van der Waals surface area contributed by atoms with Gasteiger partial charge in [-0.25, -0.2) is 14.6 Å². The van der Waals surface area contributed by atoms with E-state index in [0.29, 0.717) is 16.6 Å². The number of benzene rings is 3. The quantitative estimate of drug-likeness (QED) is 0.249. The van der Waals surface area contributed by atoms with E-state index in [0.717, 1.165) is 39.1 Å². The van der Waals surface area contributed by atoms with E-state index in [1.165, 1.54) is 11.8 Å². The van der Waals surface area contributed by atoms with Gasteiger partial charge in [0.2, 0.25) is 0 Å². The van der Waals surface area contributed by atoms with Gasteiger partial charge < -0.3 is 5.32 Å². The monoisotopic (exact) mass is 480 g/mol. The number of fused-ring (bicyclic) bond motifs is 1. The zero-order valence-electron chi connectivity index (χ0n) is 19.7. The van der Waals surface area contributed by atoms with Crippen molar-refractivity contribution in [3.8, 4) is 5.69 Å². The van der Waals surface area contributed by atoms with Crippen LogP contribution in [0.2, 0.25) is 0 Å². The number of amides is 1. The van der Waals surface area contributed by atoms with Crippen LogP contribution in [0.3, 0.4) is 0 Å². The van der Waals surface area contributed by atoms with E-state index in [4.69, 9.17) is 0 Å². The summed E-state index contributed by atoms with van der Waals surface area (Å²) >= 11 is 1.46. The van der Waals surface area contributed by atoms with Crippen LogP contribution in [-0.4, -0.2) is 30.9 Å². The molecule has 2 heterocycles. The summed E-state index contributed by atoms with van der Waals surface area (Å²) in [5, 5.41) is 14.3. The first-order valence-electron chi connectivity index (χ1n) is 11.2. The second-order valence-electron chi connectivity index (χ2n) is 8.33. The molecule has 0 aliphatic rings. The van der Waals surface area contributed by atoms with E-state index in [2.05, 4.69) is 25.6 Å². The molecule has 0 radical (unpaired) electrons. The summed E-state index contributed by atoms with van der Waals surface area (Å²) in [5.41, 5.74) is 5.47. The van der Waals surface area contributed by atoms with Crippen LogP contribution in [0.15, 0.2) is 78.0 Å². The number of thioether (sulfide) groups is 1. The van der Waals surface area contributed by atoms with Crippen molar-refractivity contribution in [1.29, 1.82) is 0 Å². The number of nitrogens with zero attached hydrogens (tertiary/aromatic N) is 5. The lowest BCUT2D eigenvalue weighted by atomic mass is 10.1. The molecule has 1 N–H and O–H groups in total. The molecule has 0 saturated carbocycles. The van der Waals surface area contributed by atoms with Crippen LogP contribution in [0.4, 0.5) is 5.69 Å². The Morgan fingerprint density at radius 1 is 0.914 bits per heavy atom. The summed E-state index contributed by atoms with van der Waals surface area (Å²) in [5.74, 6) is 0.124. The molecule has 0 spiro atoms. The molecule has 5 rings (SSSR count). The minimum absolute atomic E-state index is 0.274. The van der Waals surface area contributed by atoms with Crippen LogP contribution in [0.1, 0.15) is 33.1 Å². The molecule has 174 valence electrons. The third kappa shape index (κ3) is 4.93. The number of carbonyl (C=O) groups is 1. The summed E-state index contributed by atoms with van der Waals surface area (Å²) in [4.78, 5) is 22.5. The molecular formula is C27H24N6OS. The zero-order chi connectivity index (χ0) is 24.4. The number of nitrogens with one attached hydrogen (secondary N) is 1. The van der Waals surface area contributed by atoms with Crippen LogP contribution in [0.5, 0.6) is 0 Å². The molecule has 7 nitrogen and oxygen atoms in total. The van der Waals surface area contributed by atoms with E-state index in [9.17, 15) is 4.79 Å². The van der Waals surface area contributed by atoms with Crippen LogP contribution in [0.25, 0.3) is 16.5 Å². The second kappa shape index (κ2) is 9.68. The molecular weight excluding hydrogens is 456 g/mol. The molecule has 0 unspecified atom stereocenters. The minimum Gasteiger partial charge on any atom is -0.320 e. The Balaban J connectivity index is 1.50. The van der Waals surface area contributed by atoms with Gasteiger partial charge in [-0.15, -0.1) is 5.10 Å². The number of hydrogen-bond donors (Lipinski definition) is 1. The summed E-state index contributed by atoms with van der Waals surface area (Å²) in [6.07, 6.45) is 0. The van der Waals surface area contributed by atoms with Gasteiger partial charge in [0.05, 0.1) is 11.4 Å². The van der Waals surface area contributed by atoms with E-state index in [1.807, 2.05) is 93.6 Å². The zero-order valence-corrected chi connectivity index (χ0v) is 20.5. The first-order chi connectivity index (χ1) is 17.0. The maximum absolute atomic E-state index is 13.4. The molecule has 0 saturated heterocycles. The Bertz CT molecular complexity index is 1500. The third-order valence-electron chi connectivity index (χ3n) is 5.59. The maximum Gasteiger partial charge on any atom is 0.278 e. The molecule has 0 bridgehead atoms. The first-order valence-corrected chi connectivity index (χ1v) is 12.2. The maximum atomic E-state index is 13.4. The van der Waals surface area contributed by atoms with Crippen LogP contribution < -0.4 is 5.32 Å². The fourth-order valence-electron chi connectivity index (χ4n) is 3.91. The van der Waals surface area contributed by atoms with Crippen molar-refractivity contribution in [1.82, 2.24) is 25.0 Å². The second-order valence-corrected chi connectivity index (χ2v) is 9.28. The van der Waals surface area contributed by atoms with Gasteiger partial charge in [-0.1, -0.05) is 71.1 Å². The van der Waals surface area contributed by atoms with Crippen LogP contribution in [0, 0.1) is 20.8 Å². The fourth-order valence-corrected chi connectivity index (χ4v) is 4.85. The average molecular weight is 481 g/mol. The van der Waals surface area contributed by atoms with Crippen molar-refractivity contribution in [2.75, 3.05) is 5.32 Å². The molecule has 8 heteroatoms. The molecule has 0 aliphatic carbocycles. The SMILES string of the molecule is Cc1ccc(-n2nnc(C(=O)Nc3cccc4ccccc34)c2CSc2nc(C)cc(C)n2)cc1. The Kier molecular flexibility index (Phi) is 6.29. The molecule has 0 aliphatic heterocycles. The van der Waals surface area contributed by atoms with Gasteiger partial charge in [-0.2, -0.15) is 0 Å². The van der Waals surface area contributed by atoms with E-state index < -0.39 is 0 Å². The summed E-state index contributed by atoms with van der Waals surface area (Å²) in [7, 11) is 0. The number of anilines is 1. The number of rotatable bonds is 6. The van der Waals surface area contributed by atoms with E-state index >= 15 is 0 Å². The summed E-state index contributed by atoms with van der Waals surface area (Å²) < 4.78 is 1.72. The average Bonchev–Trinajstić information content (AvgIpc) is 3.27. The largest absolute Gasteiger partial charge is 0.320 e. The van der Waals surface area contributed by atoms with Gasteiger partial charge in [0.1, 0.15) is 0 Å². The lowest BCUT2D eigenvalue weighted by Crippen LogP contribution is -2.15. The lowest BCUT2D eigenvalue weighted by molar-refractivity contribution is 0.102. The smallest absolute Gasteiger partial charge is 0.278 e. The van der Waals surface area contributed by atoms with Gasteiger partial charge in [0, 0.05) is 28.2 Å². The highest BCUT2D eigenvalue weighted by Gasteiger charge is 2.22. The standard InChI is InChI=1S/C27H24N6OS/c1-17-11-13-21(14-12-17)33-24(16-35-27-28-18(2)15-19(3)29-27)25(31-32-33)26(34)30-23-10-6-8-20-7-4-5-9-22(20)23/h4-15H,16H2,1-3H3,(H,30,34). The molecule has 1 amide bonds. The molecule has 0 fully saturated rings. The van der Waals surface area contributed by atoms with Crippen LogP contribution in [-0.2, 0) is 5.75 Å². The molecule has 35 heavy (non-hydrogen) atoms. The van der Waals surface area contributed by atoms with Gasteiger partial charge in [0.15, 0.2) is 10.9 Å². The summed E-state index contributed by atoms with van der Waals surface area (Å²) in [6, 6.07) is 23.7. The first kappa shape index (κ1) is 22.7. The normalized spacial score (nSPS) is 11.1.